The smallest absolute Gasteiger partial charge is 0.224 e. The summed E-state index contributed by atoms with van der Waals surface area (Å²) in [6, 6.07) is 12.7. The summed E-state index contributed by atoms with van der Waals surface area (Å²) in [4.78, 5) is 36.9. The molecular weight excluding hydrogens is 335 g/mol. The molecule has 2 aromatic carbocycles. The Balaban J connectivity index is 1.94. The van der Waals surface area contributed by atoms with Crippen molar-refractivity contribution in [3.05, 3.63) is 65.5 Å². The van der Waals surface area contributed by atoms with Crippen molar-refractivity contribution in [1.29, 1.82) is 0 Å². The summed E-state index contributed by atoms with van der Waals surface area (Å²) in [5.41, 5.74) is 1.70. The molecule has 0 radical (unpaired) electrons. The fourth-order valence-electron chi connectivity index (χ4n) is 2.56. The summed E-state index contributed by atoms with van der Waals surface area (Å²) in [5, 5.41) is 2.72. The molecule has 0 saturated carbocycles. The lowest BCUT2D eigenvalue weighted by atomic mass is 10.1. The van der Waals surface area contributed by atoms with E-state index in [9.17, 15) is 18.8 Å². The lowest BCUT2D eigenvalue weighted by molar-refractivity contribution is -0.121. The van der Waals surface area contributed by atoms with E-state index in [1.807, 2.05) is 0 Å². The Morgan fingerprint density at radius 1 is 1.04 bits per heavy atom. The first-order valence-corrected chi connectivity index (χ1v) is 8.27. The Morgan fingerprint density at radius 3 is 2.42 bits per heavy atom. The molecule has 0 atom stereocenters. The molecule has 5 nitrogen and oxygen atoms in total. The SMILES string of the molecule is CC(=O)c1cccc(N(CCNC(=O)Cc2cccc(F)c2)C(C)=O)c1. The quantitative estimate of drug-likeness (QED) is 0.776. The predicted octanol–water partition coefficient (Wildman–Crippen LogP) is 2.74. The Bertz CT molecular complexity index is 820. The van der Waals surface area contributed by atoms with E-state index in [2.05, 4.69) is 5.32 Å². The van der Waals surface area contributed by atoms with Crippen molar-refractivity contribution in [2.45, 2.75) is 20.3 Å². The van der Waals surface area contributed by atoms with Crippen LogP contribution >= 0.6 is 0 Å². The summed E-state index contributed by atoms with van der Waals surface area (Å²) in [7, 11) is 0. The van der Waals surface area contributed by atoms with Gasteiger partial charge in [-0.25, -0.2) is 4.39 Å². The second-order valence-electron chi connectivity index (χ2n) is 5.93. The number of amides is 2. The summed E-state index contributed by atoms with van der Waals surface area (Å²) in [5.74, 6) is -0.913. The number of Topliss-reactive ketones (excluding diaryl/α,β-unsaturated/α-hetero) is 1. The van der Waals surface area contributed by atoms with Gasteiger partial charge in [-0.3, -0.25) is 14.4 Å². The van der Waals surface area contributed by atoms with Crippen molar-refractivity contribution >= 4 is 23.3 Å². The number of nitrogens with zero attached hydrogens (tertiary/aromatic N) is 1. The molecule has 0 fully saturated rings. The number of rotatable bonds is 7. The van der Waals surface area contributed by atoms with Crippen LogP contribution in [0, 0.1) is 5.82 Å². The van der Waals surface area contributed by atoms with E-state index in [0.29, 0.717) is 16.8 Å². The monoisotopic (exact) mass is 356 g/mol. The van der Waals surface area contributed by atoms with E-state index >= 15 is 0 Å². The molecule has 0 aliphatic carbocycles. The number of nitrogens with one attached hydrogen (secondary N) is 1. The normalized spacial score (nSPS) is 10.3. The summed E-state index contributed by atoms with van der Waals surface area (Å²) >= 11 is 0. The average molecular weight is 356 g/mol. The number of hydrogen-bond acceptors (Lipinski definition) is 3. The maximum Gasteiger partial charge on any atom is 0.224 e. The van der Waals surface area contributed by atoms with Crippen LogP contribution in [0.3, 0.4) is 0 Å². The molecule has 0 aliphatic rings. The van der Waals surface area contributed by atoms with Gasteiger partial charge < -0.3 is 10.2 Å². The molecule has 0 spiro atoms. The molecule has 26 heavy (non-hydrogen) atoms. The van der Waals surface area contributed by atoms with Crippen LogP contribution in [0.1, 0.15) is 29.8 Å². The molecule has 0 heterocycles. The van der Waals surface area contributed by atoms with Crippen LogP contribution in [0.15, 0.2) is 48.5 Å². The lowest BCUT2D eigenvalue weighted by Crippen LogP contribution is -2.38. The molecule has 2 aromatic rings. The Labute approximate surface area is 151 Å². The highest BCUT2D eigenvalue weighted by Crippen LogP contribution is 2.16. The number of carbonyl (C=O) groups is 3. The topological polar surface area (TPSA) is 66.5 Å². The number of anilines is 1. The Kier molecular flexibility index (Phi) is 6.60. The molecule has 2 amide bonds. The van der Waals surface area contributed by atoms with E-state index < -0.39 is 0 Å². The van der Waals surface area contributed by atoms with Gasteiger partial charge in [-0.15, -0.1) is 0 Å². The number of ketones is 1. The summed E-state index contributed by atoms with van der Waals surface area (Å²) in [6.07, 6.45) is 0.0671. The summed E-state index contributed by atoms with van der Waals surface area (Å²) in [6.45, 7) is 3.41. The molecule has 1 N–H and O–H groups in total. The maximum atomic E-state index is 13.1. The van der Waals surface area contributed by atoms with Crippen molar-refractivity contribution in [2.24, 2.45) is 0 Å². The fraction of sp³-hybridized carbons (Fsp3) is 0.250. The molecule has 0 unspecified atom stereocenters. The van der Waals surface area contributed by atoms with Crippen molar-refractivity contribution in [3.63, 3.8) is 0 Å². The van der Waals surface area contributed by atoms with Crippen molar-refractivity contribution < 1.29 is 18.8 Å². The van der Waals surface area contributed by atoms with Gasteiger partial charge in [-0.1, -0.05) is 24.3 Å². The van der Waals surface area contributed by atoms with Gasteiger partial charge in [0.25, 0.3) is 0 Å². The number of halogens is 1. The minimum absolute atomic E-state index is 0.0671. The molecule has 6 heteroatoms. The molecule has 0 aromatic heterocycles. The highest BCUT2D eigenvalue weighted by molar-refractivity contribution is 5.97. The van der Waals surface area contributed by atoms with Crippen LogP contribution in [-0.2, 0) is 16.0 Å². The highest BCUT2D eigenvalue weighted by atomic mass is 19.1. The zero-order chi connectivity index (χ0) is 19.1. The zero-order valence-electron chi connectivity index (χ0n) is 14.8. The number of hydrogen-bond donors (Lipinski definition) is 1. The zero-order valence-corrected chi connectivity index (χ0v) is 14.8. The van der Waals surface area contributed by atoms with Gasteiger partial charge in [0.1, 0.15) is 5.82 Å². The van der Waals surface area contributed by atoms with Gasteiger partial charge in [0.2, 0.25) is 11.8 Å². The van der Waals surface area contributed by atoms with E-state index in [-0.39, 0.29) is 42.9 Å². The summed E-state index contributed by atoms with van der Waals surface area (Å²) < 4.78 is 13.1. The van der Waals surface area contributed by atoms with Gasteiger partial charge in [-0.2, -0.15) is 0 Å². The minimum atomic E-state index is -0.386. The lowest BCUT2D eigenvalue weighted by Gasteiger charge is -2.22. The highest BCUT2D eigenvalue weighted by Gasteiger charge is 2.13. The standard InChI is InChI=1S/C20H21FN2O3/c1-14(24)17-6-4-8-19(13-17)23(15(2)25)10-9-22-20(26)12-16-5-3-7-18(21)11-16/h3-8,11,13H,9-10,12H2,1-2H3,(H,22,26). The third kappa shape index (κ3) is 5.51. The van der Waals surface area contributed by atoms with Gasteiger partial charge >= 0.3 is 0 Å². The molecule has 0 aliphatic heterocycles. The van der Waals surface area contributed by atoms with Crippen LogP contribution in [0.2, 0.25) is 0 Å². The maximum absolute atomic E-state index is 13.1. The first kappa shape index (κ1) is 19.3. The first-order valence-electron chi connectivity index (χ1n) is 8.27. The van der Waals surface area contributed by atoms with Crippen LogP contribution in [-0.4, -0.2) is 30.7 Å². The first-order chi connectivity index (χ1) is 12.4. The average Bonchev–Trinajstić information content (AvgIpc) is 2.58. The Morgan fingerprint density at radius 2 is 1.77 bits per heavy atom. The van der Waals surface area contributed by atoms with Crippen molar-refractivity contribution in [1.82, 2.24) is 5.32 Å². The van der Waals surface area contributed by atoms with Gasteiger partial charge in [0.05, 0.1) is 6.42 Å². The molecule has 0 bridgehead atoms. The van der Waals surface area contributed by atoms with E-state index in [1.165, 1.54) is 30.9 Å². The van der Waals surface area contributed by atoms with Crippen LogP contribution in [0.25, 0.3) is 0 Å². The number of carbonyl (C=O) groups excluding carboxylic acids is 3. The third-order valence-electron chi connectivity index (χ3n) is 3.86. The molecule has 2 rings (SSSR count). The second kappa shape index (κ2) is 8.89. The second-order valence-corrected chi connectivity index (χ2v) is 5.93. The van der Waals surface area contributed by atoms with E-state index in [0.717, 1.165) is 0 Å². The Hall–Kier alpha value is -3.02. The third-order valence-corrected chi connectivity index (χ3v) is 3.86. The number of benzene rings is 2. The van der Waals surface area contributed by atoms with E-state index in [4.69, 9.17) is 0 Å². The fourth-order valence-corrected chi connectivity index (χ4v) is 2.56. The largest absolute Gasteiger partial charge is 0.354 e. The van der Waals surface area contributed by atoms with Crippen molar-refractivity contribution in [2.75, 3.05) is 18.0 Å². The van der Waals surface area contributed by atoms with E-state index in [1.54, 1.807) is 36.4 Å². The van der Waals surface area contributed by atoms with Gasteiger partial charge in [0, 0.05) is 31.3 Å². The predicted molar refractivity (Wildman–Crippen MR) is 97.6 cm³/mol. The van der Waals surface area contributed by atoms with Crippen LogP contribution < -0.4 is 10.2 Å². The van der Waals surface area contributed by atoms with Crippen LogP contribution in [0.5, 0.6) is 0 Å². The van der Waals surface area contributed by atoms with Gasteiger partial charge in [0.15, 0.2) is 5.78 Å². The minimum Gasteiger partial charge on any atom is -0.354 e. The molecule has 136 valence electrons. The molecule has 0 saturated heterocycles. The van der Waals surface area contributed by atoms with Crippen LogP contribution in [0.4, 0.5) is 10.1 Å². The van der Waals surface area contributed by atoms with Crippen molar-refractivity contribution in [3.8, 4) is 0 Å². The van der Waals surface area contributed by atoms with Gasteiger partial charge in [-0.05, 0) is 36.8 Å². The molecular formula is C20H21FN2O3.